The van der Waals surface area contributed by atoms with Crippen LogP contribution in [-0.4, -0.2) is 42.8 Å². The Labute approximate surface area is 200 Å². The summed E-state index contributed by atoms with van der Waals surface area (Å²) in [7, 11) is 0.303. The molecule has 3 aliphatic rings. The number of carbonyl (C=O) groups is 2. The number of hydrogen-bond acceptors (Lipinski definition) is 6. The fourth-order valence-corrected chi connectivity index (χ4v) is 5.91. The Balaban J connectivity index is 1.57. The highest BCUT2D eigenvalue weighted by molar-refractivity contribution is 9.10. The van der Waals surface area contributed by atoms with Crippen LogP contribution in [0, 0.1) is 17.8 Å². The van der Waals surface area contributed by atoms with Crippen molar-refractivity contribution < 1.29 is 29.1 Å². The fraction of sp³-hybridized carbons (Fsp3) is 0.333. The Hall–Kier alpha value is -2.46. The smallest absolute Gasteiger partial charge is 0.487 e. The normalized spacial score (nSPS) is 27.1. The largest absolute Gasteiger partial charge is 0.508 e. The van der Waals surface area contributed by atoms with Crippen LogP contribution in [0.4, 0.5) is 5.69 Å². The van der Waals surface area contributed by atoms with Gasteiger partial charge in [-0.1, -0.05) is 34.1 Å². The number of anilines is 1. The molecule has 2 aromatic carbocycles. The van der Waals surface area contributed by atoms with Crippen LogP contribution in [0.5, 0.6) is 5.75 Å². The van der Waals surface area contributed by atoms with Crippen molar-refractivity contribution in [3.05, 3.63) is 69.6 Å². The molecule has 7 nitrogen and oxygen atoms in total. The number of para-hydroxylation sites is 1. The molecule has 0 saturated carbocycles. The van der Waals surface area contributed by atoms with Crippen molar-refractivity contribution in [3.8, 4) is 5.75 Å². The van der Waals surface area contributed by atoms with E-state index in [2.05, 4.69) is 15.9 Å². The zero-order valence-electron chi connectivity index (χ0n) is 18.0. The number of halogens is 1. The summed E-state index contributed by atoms with van der Waals surface area (Å²) in [5.41, 5.74) is 2.49. The minimum atomic E-state index is -1.26. The summed E-state index contributed by atoms with van der Waals surface area (Å²) >= 11 is 3.41. The summed E-state index contributed by atoms with van der Waals surface area (Å²) in [5.74, 6) is -1.99. The van der Waals surface area contributed by atoms with Crippen LogP contribution in [0.25, 0.3) is 0 Å². The van der Waals surface area contributed by atoms with E-state index < -0.39 is 31.0 Å². The van der Waals surface area contributed by atoms with Gasteiger partial charge in [0.25, 0.3) is 0 Å². The topological polar surface area (TPSA) is 96.3 Å². The highest BCUT2D eigenvalue weighted by Crippen LogP contribution is 2.52. The van der Waals surface area contributed by atoms with Gasteiger partial charge in [-0.25, -0.2) is 0 Å². The minimum Gasteiger partial charge on any atom is -0.508 e. The Kier molecular flexibility index (Phi) is 5.90. The lowest BCUT2D eigenvalue weighted by Crippen LogP contribution is -2.45. The standard InChI is InChI=1S/C24H23BBrNO6/c1-32-12-13-9-18-21(24(30)27(23(18)29)15-5-3-2-4-6-15)17-11-20(33-25(31)22(13)17)16-10-14(26)7-8-19(16)28/h2-8,10,17-18,20-21,28,31H,9,11-12H2,1H3/t17-,18-,20-,21+/m0/s1. The quantitative estimate of drug-likeness (QED) is 0.482. The SMILES string of the molecule is COCC1=C2B(O)O[C@H](c3cc(Br)ccc3O)C[C@H]2[C@H]2C(=O)N(c3ccccc3)C(=O)[C@H]2C1. The molecule has 2 amide bonds. The molecule has 2 N–H and O–H groups in total. The summed E-state index contributed by atoms with van der Waals surface area (Å²) in [5, 5.41) is 21.4. The number of amides is 2. The summed E-state index contributed by atoms with van der Waals surface area (Å²) in [4.78, 5) is 28.3. The monoisotopic (exact) mass is 511 g/mol. The Morgan fingerprint density at radius 3 is 2.64 bits per heavy atom. The highest BCUT2D eigenvalue weighted by Gasteiger charge is 2.58. The zero-order chi connectivity index (χ0) is 23.3. The molecule has 2 aromatic rings. The number of imide groups is 1. The molecule has 0 spiro atoms. The molecule has 2 aliphatic heterocycles. The molecule has 5 rings (SSSR count). The maximum absolute atomic E-state index is 13.6. The number of allylic oxidation sites excluding steroid dienone is 1. The molecular formula is C24H23BBrNO6. The Morgan fingerprint density at radius 1 is 1.15 bits per heavy atom. The number of methoxy groups -OCH3 is 1. The summed E-state index contributed by atoms with van der Waals surface area (Å²) in [6, 6.07) is 13.9. The summed E-state index contributed by atoms with van der Waals surface area (Å²) < 4.78 is 12.1. The van der Waals surface area contributed by atoms with Crippen LogP contribution in [0.3, 0.4) is 0 Å². The van der Waals surface area contributed by atoms with Crippen molar-refractivity contribution in [2.45, 2.75) is 18.9 Å². The van der Waals surface area contributed by atoms with Crippen molar-refractivity contribution >= 4 is 40.6 Å². The number of carbonyl (C=O) groups excluding carboxylic acids is 2. The van der Waals surface area contributed by atoms with E-state index in [9.17, 15) is 19.7 Å². The van der Waals surface area contributed by atoms with E-state index in [1.54, 1.807) is 49.6 Å². The van der Waals surface area contributed by atoms with Gasteiger partial charge in [0.1, 0.15) is 5.75 Å². The van der Waals surface area contributed by atoms with Gasteiger partial charge in [0.15, 0.2) is 0 Å². The van der Waals surface area contributed by atoms with Gasteiger partial charge in [-0.3, -0.25) is 14.5 Å². The number of benzene rings is 2. The Bertz CT molecular complexity index is 1140. The van der Waals surface area contributed by atoms with E-state index in [1.807, 2.05) is 6.07 Å². The van der Waals surface area contributed by atoms with Crippen LogP contribution >= 0.6 is 15.9 Å². The van der Waals surface area contributed by atoms with Gasteiger partial charge in [0.05, 0.1) is 30.2 Å². The first-order valence-corrected chi connectivity index (χ1v) is 11.7. The zero-order valence-corrected chi connectivity index (χ0v) is 19.6. The number of fused-ring (bicyclic) bond motifs is 3. The molecule has 2 heterocycles. The summed E-state index contributed by atoms with van der Waals surface area (Å²) in [6.45, 7) is 0.245. The van der Waals surface area contributed by atoms with Crippen LogP contribution in [0.15, 0.2) is 64.0 Å². The number of nitrogens with zero attached hydrogens (tertiary/aromatic N) is 1. The first kappa shape index (κ1) is 22.3. The molecule has 170 valence electrons. The van der Waals surface area contributed by atoms with Gasteiger partial charge < -0.3 is 19.5 Å². The number of rotatable bonds is 4. The van der Waals surface area contributed by atoms with Crippen molar-refractivity contribution in [1.29, 1.82) is 0 Å². The van der Waals surface area contributed by atoms with Crippen LogP contribution < -0.4 is 4.90 Å². The molecule has 4 atom stereocenters. The van der Waals surface area contributed by atoms with Crippen molar-refractivity contribution in [3.63, 3.8) is 0 Å². The highest BCUT2D eigenvalue weighted by atomic mass is 79.9. The number of hydrogen-bond donors (Lipinski definition) is 2. The number of phenols is 1. The second kappa shape index (κ2) is 8.72. The molecule has 0 bridgehead atoms. The average molecular weight is 512 g/mol. The van der Waals surface area contributed by atoms with Gasteiger partial charge in [-0.05, 0) is 60.1 Å². The van der Waals surface area contributed by atoms with Gasteiger partial charge in [-0.2, -0.15) is 0 Å². The second-order valence-electron chi connectivity index (χ2n) is 8.70. The maximum atomic E-state index is 13.6. The number of aromatic hydroxyl groups is 1. The Morgan fingerprint density at radius 2 is 1.91 bits per heavy atom. The van der Waals surface area contributed by atoms with Crippen LogP contribution in [0.2, 0.25) is 0 Å². The first-order chi connectivity index (χ1) is 15.9. The average Bonchev–Trinajstić information content (AvgIpc) is 3.05. The van der Waals surface area contributed by atoms with E-state index in [1.165, 1.54) is 4.90 Å². The van der Waals surface area contributed by atoms with Crippen molar-refractivity contribution in [2.75, 3.05) is 18.6 Å². The lowest BCUT2D eigenvalue weighted by molar-refractivity contribution is -0.123. The van der Waals surface area contributed by atoms with Crippen LogP contribution in [0.1, 0.15) is 24.5 Å². The molecule has 2 saturated heterocycles. The van der Waals surface area contributed by atoms with E-state index >= 15 is 0 Å². The third-order valence-corrected chi connectivity index (χ3v) is 7.37. The third kappa shape index (κ3) is 3.73. The van der Waals surface area contributed by atoms with E-state index in [0.29, 0.717) is 29.6 Å². The van der Waals surface area contributed by atoms with Gasteiger partial charge in [0, 0.05) is 17.1 Å². The van der Waals surface area contributed by atoms with Gasteiger partial charge in [0.2, 0.25) is 11.8 Å². The molecule has 0 aromatic heterocycles. The van der Waals surface area contributed by atoms with Crippen LogP contribution in [-0.2, 0) is 19.0 Å². The lowest BCUT2D eigenvalue weighted by Gasteiger charge is -2.42. The van der Waals surface area contributed by atoms with Gasteiger partial charge >= 0.3 is 7.12 Å². The summed E-state index contributed by atoms with van der Waals surface area (Å²) in [6.07, 6.45) is 0.0558. The predicted octanol–water partition coefficient (Wildman–Crippen LogP) is 3.40. The van der Waals surface area contributed by atoms with Gasteiger partial charge in [-0.15, -0.1) is 0 Å². The molecule has 2 fully saturated rings. The molecule has 33 heavy (non-hydrogen) atoms. The second-order valence-corrected chi connectivity index (χ2v) is 9.61. The van der Waals surface area contributed by atoms with Crippen molar-refractivity contribution in [2.24, 2.45) is 17.8 Å². The fourth-order valence-electron chi connectivity index (χ4n) is 5.53. The maximum Gasteiger partial charge on any atom is 0.487 e. The molecule has 0 radical (unpaired) electrons. The first-order valence-electron chi connectivity index (χ1n) is 10.9. The molecule has 0 unspecified atom stereocenters. The van der Waals surface area contributed by atoms with E-state index in [4.69, 9.17) is 9.39 Å². The van der Waals surface area contributed by atoms with E-state index in [-0.39, 0.29) is 24.2 Å². The molecule has 9 heteroatoms. The number of phenolic OH excluding ortho intramolecular Hbond substituents is 1. The predicted molar refractivity (Wildman–Crippen MR) is 125 cm³/mol. The third-order valence-electron chi connectivity index (χ3n) is 6.88. The molecule has 1 aliphatic carbocycles. The van der Waals surface area contributed by atoms with Crippen molar-refractivity contribution in [1.82, 2.24) is 0 Å². The lowest BCUT2D eigenvalue weighted by atomic mass is 9.55. The minimum absolute atomic E-state index is 0.0482. The number of ether oxygens (including phenoxy) is 1. The van der Waals surface area contributed by atoms with E-state index in [0.717, 1.165) is 10.0 Å². The molecular weight excluding hydrogens is 489 g/mol.